The van der Waals surface area contributed by atoms with Crippen LogP contribution in [0.15, 0.2) is 48.5 Å². The third-order valence-electron chi connectivity index (χ3n) is 9.01. The third-order valence-corrected chi connectivity index (χ3v) is 9.63. The van der Waals surface area contributed by atoms with Crippen molar-refractivity contribution in [3.63, 3.8) is 0 Å². The Morgan fingerprint density at radius 2 is 1.63 bits per heavy atom. The van der Waals surface area contributed by atoms with Gasteiger partial charge in [-0.25, -0.2) is 9.59 Å². The molecule has 1 aliphatic heterocycles. The van der Waals surface area contributed by atoms with E-state index < -0.39 is 35.3 Å². The van der Waals surface area contributed by atoms with Gasteiger partial charge in [0.1, 0.15) is 23.0 Å². The molecular formula is C38H46ClN3O8S. The summed E-state index contributed by atoms with van der Waals surface area (Å²) in [7, 11) is 6.19. The molecule has 0 aliphatic carbocycles. The Labute approximate surface area is 309 Å². The molecule has 1 aliphatic rings. The van der Waals surface area contributed by atoms with Crippen LogP contribution >= 0.6 is 23.8 Å². The number of benzene rings is 3. The second-order valence-electron chi connectivity index (χ2n) is 13.3. The molecule has 0 spiro atoms. The van der Waals surface area contributed by atoms with Crippen LogP contribution in [-0.2, 0) is 23.2 Å². The van der Waals surface area contributed by atoms with Gasteiger partial charge < -0.3 is 34.3 Å². The van der Waals surface area contributed by atoms with Gasteiger partial charge in [0, 0.05) is 23.7 Å². The molecule has 1 fully saturated rings. The Hall–Kier alpha value is -4.55. The molecule has 0 bridgehead atoms. The summed E-state index contributed by atoms with van der Waals surface area (Å²) in [5, 5.41) is 13.3. The first-order chi connectivity index (χ1) is 24.1. The lowest BCUT2D eigenvalue weighted by molar-refractivity contribution is -0.131. The number of halogens is 1. The minimum absolute atomic E-state index is 0.147. The normalized spacial score (nSPS) is 15.6. The molecule has 0 aromatic heterocycles. The lowest BCUT2D eigenvalue weighted by Crippen LogP contribution is -2.48. The van der Waals surface area contributed by atoms with Crippen LogP contribution < -0.4 is 24.3 Å². The maximum Gasteiger partial charge on any atom is 0.335 e. The van der Waals surface area contributed by atoms with Crippen LogP contribution in [0, 0.1) is 5.92 Å². The van der Waals surface area contributed by atoms with Crippen molar-refractivity contribution in [1.29, 1.82) is 0 Å². The van der Waals surface area contributed by atoms with Crippen molar-refractivity contribution in [2.75, 3.05) is 41.5 Å². The molecule has 13 heteroatoms. The summed E-state index contributed by atoms with van der Waals surface area (Å²) < 4.78 is 22.4. The van der Waals surface area contributed by atoms with E-state index in [1.165, 1.54) is 0 Å². The van der Waals surface area contributed by atoms with Gasteiger partial charge in [-0.15, -0.1) is 0 Å². The highest BCUT2D eigenvalue weighted by Crippen LogP contribution is 2.36. The van der Waals surface area contributed by atoms with Crippen LogP contribution in [0.2, 0.25) is 5.02 Å². The monoisotopic (exact) mass is 739 g/mol. The number of nitrogens with zero attached hydrogens (tertiary/aromatic N) is 2. The highest BCUT2D eigenvalue weighted by molar-refractivity contribution is 7.80. The number of ether oxygens (including phenoxy) is 4. The van der Waals surface area contributed by atoms with Gasteiger partial charge >= 0.3 is 12.0 Å². The van der Waals surface area contributed by atoms with Crippen LogP contribution in [0.3, 0.4) is 0 Å². The number of aromatic carboxylic acids is 1. The van der Waals surface area contributed by atoms with Gasteiger partial charge in [0.2, 0.25) is 5.91 Å². The summed E-state index contributed by atoms with van der Waals surface area (Å²) in [6, 6.07) is 12.7. The second kappa shape index (κ2) is 16.6. The average molecular weight is 740 g/mol. The van der Waals surface area contributed by atoms with Crippen molar-refractivity contribution >= 4 is 46.7 Å². The molecule has 3 aromatic carbocycles. The number of imide groups is 1. The first-order valence-electron chi connectivity index (χ1n) is 16.5. The number of nitrogens with one attached hydrogen (secondary N) is 1. The fourth-order valence-corrected chi connectivity index (χ4v) is 6.75. The number of carboxylic acids is 1. The van der Waals surface area contributed by atoms with Crippen LogP contribution in [0.25, 0.3) is 0 Å². The Bertz CT molecular complexity index is 1770. The van der Waals surface area contributed by atoms with E-state index in [0.29, 0.717) is 56.1 Å². The molecule has 2 atom stereocenters. The molecule has 4 rings (SSSR count). The molecule has 0 unspecified atom stereocenters. The van der Waals surface area contributed by atoms with E-state index in [0.717, 1.165) is 10.5 Å². The van der Waals surface area contributed by atoms with E-state index >= 15 is 0 Å². The zero-order valence-electron chi connectivity index (χ0n) is 30.3. The Balaban J connectivity index is 1.73. The summed E-state index contributed by atoms with van der Waals surface area (Å²) in [5.41, 5.74) is 2.50. The van der Waals surface area contributed by atoms with Gasteiger partial charge in [-0.1, -0.05) is 63.6 Å². The standard InChI is InChI=1S/C38H46ClN3O8S/c1-9-30(22-10-12-27(36(44)45)29(16-22)38(2,3)4)40-37(46)42-21-34(51)41(20-28-32(49-7)17-26(47-5)18-33(28)50-8)19-24(35(42)43)14-23-15-25(39)11-13-31(23)48-6/h10-13,15-18,24,30H,9,14,19-21H2,1-8H3,(H,40,46)(H,44,45)/t24-,30-/m1/s1. The minimum Gasteiger partial charge on any atom is -0.496 e. The number of urea groups is 1. The molecule has 1 saturated heterocycles. The quantitative estimate of drug-likeness (QED) is 0.187. The molecule has 11 nitrogen and oxygen atoms in total. The fraction of sp³-hybridized carbons (Fsp3) is 0.421. The summed E-state index contributed by atoms with van der Waals surface area (Å²) in [6.45, 7) is 7.98. The molecule has 3 amide bonds. The van der Waals surface area contributed by atoms with Crippen molar-refractivity contribution in [2.45, 2.75) is 58.5 Å². The smallest absolute Gasteiger partial charge is 0.335 e. The van der Waals surface area contributed by atoms with Crippen LogP contribution in [0.4, 0.5) is 4.79 Å². The zero-order chi connectivity index (χ0) is 37.6. The fourth-order valence-electron chi connectivity index (χ4n) is 6.29. The predicted octanol–water partition coefficient (Wildman–Crippen LogP) is 7.06. The summed E-state index contributed by atoms with van der Waals surface area (Å²) in [4.78, 5) is 44.0. The molecule has 2 N–H and O–H groups in total. The van der Waals surface area contributed by atoms with Gasteiger partial charge in [-0.3, -0.25) is 9.69 Å². The number of methoxy groups -OCH3 is 4. The minimum atomic E-state index is -1.02. The highest BCUT2D eigenvalue weighted by atomic mass is 35.5. The van der Waals surface area contributed by atoms with E-state index in [1.54, 1.807) is 70.9 Å². The van der Waals surface area contributed by atoms with Crippen LogP contribution in [-0.4, -0.2) is 79.3 Å². The first kappa shape index (κ1) is 39.2. The number of thiocarbonyl (C=S) groups is 1. The molecule has 51 heavy (non-hydrogen) atoms. The molecule has 0 saturated carbocycles. The third kappa shape index (κ3) is 9.04. The molecular weight excluding hydrogens is 694 g/mol. The van der Waals surface area contributed by atoms with Crippen molar-refractivity contribution in [3.05, 3.63) is 81.4 Å². The van der Waals surface area contributed by atoms with E-state index in [-0.39, 0.29) is 31.6 Å². The van der Waals surface area contributed by atoms with Crippen molar-refractivity contribution in [3.8, 4) is 23.0 Å². The van der Waals surface area contributed by atoms with Gasteiger partial charge in [0.15, 0.2) is 0 Å². The molecule has 274 valence electrons. The number of carbonyl (C=O) groups excluding carboxylic acids is 2. The van der Waals surface area contributed by atoms with Crippen molar-refractivity contribution < 1.29 is 38.4 Å². The number of carbonyl (C=O) groups is 3. The first-order valence-corrected chi connectivity index (χ1v) is 17.3. The van der Waals surface area contributed by atoms with E-state index in [2.05, 4.69) is 5.32 Å². The maximum absolute atomic E-state index is 14.4. The van der Waals surface area contributed by atoms with E-state index in [1.807, 2.05) is 38.7 Å². The van der Waals surface area contributed by atoms with Gasteiger partial charge in [-0.2, -0.15) is 0 Å². The maximum atomic E-state index is 14.4. The number of hydrogen-bond acceptors (Lipinski definition) is 8. The second-order valence-corrected chi connectivity index (χ2v) is 14.2. The summed E-state index contributed by atoms with van der Waals surface area (Å²) in [5.74, 6) is -0.0361. The van der Waals surface area contributed by atoms with E-state index in [4.69, 9.17) is 42.8 Å². The lowest BCUT2D eigenvalue weighted by Gasteiger charge is -2.27. The Morgan fingerprint density at radius 3 is 2.18 bits per heavy atom. The van der Waals surface area contributed by atoms with Gasteiger partial charge in [0.25, 0.3) is 0 Å². The van der Waals surface area contributed by atoms with Crippen LogP contribution in [0.5, 0.6) is 23.0 Å². The summed E-state index contributed by atoms with van der Waals surface area (Å²) >= 11 is 12.3. The van der Waals surface area contributed by atoms with E-state index in [9.17, 15) is 19.5 Å². The molecule has 3 aromatic rings. The zero-order valence-corrected chi connectivity index (χ0v) is 31.9. The van der Waals surface area contributed by atoms with Crippen molar-refractivity contribution in [2.24, 2.45) is 5.92 Å². The number of amides is 3. The van der Waals surface area contributed by atoms with Crippen LogP contribution in [0.1, 0.15) is 72.8 Å². The Morgan fingerprint density at radius 1 is 0.980 bits per heavy atom. The summed E-state index contributed by atoms with van der Waals surface area (Å²) in [6.07, 6.45) is 0.700. The highest BCUT2D eigenvalue weighted by Gasteiger charge is 2.38. The van der Waals surface area contributed by atoms with Gasteiger partial charge in [0.05, 0.1) is 69.6 Å². The Kier molecular flexibility index (Phi) is 12.8. The molecule has 0 radical (unpaired) electrons. The molecule has 1 heterocycles. The number of carboxylic acid groups (broad SMARTS) is 1. The largest absolute Gasteiger partial charge is 0.496 e. The van der Waals surface area contributed by atoms with Crippen molar-refractivity contribution in [1.82, 2.24) is 15.1 Å². The average Bonchev–Trinajstić information content (AvgIpc) is 3.21. The predicted molar refractivity (Wildman–Crippen MR) is 200 cm³/mol. The number of rotatable bonds is 12. The number of hydrogen-bond donors (Lipinski definition) is 2. The lowest BCUT2D eigenvalue weighted by atomic mass is 9.82. The topological polar surface area (TPSA) is 127 Å². The van der Waals surface area contributed by atoms with Gasteiger partial charge in [-0.05, 0) is 59.2 Å². The SMILES string of the molecule is CC[C@@H](NC(=O)N1CC(=S)N(Cc2c(OC)cc(OC)cc2OC)C[C@@H](Cc2cc(Cl)ccc2OC)C1=O)c1ccc(C(=O)O)c(C(C)(C)C)c1.